The Hall–Kier alpha value is -3.12. The molecule has 6 nitrogen and oxygen atoms in total. The van der Waals surface area contributed by atoms with Gasteiger partial charge in [-0.2, -0.15) is 0 Å². The molecule has 4 atom stereocenters. The van der Waals surface area contributed by atoms with Crippen LogP contribution >= 0.6 is 0 Å². The highest BCUT2D eigenvalue weighted by Crippen LogP contribution is 2.39. The average molecular weight is 408 g/mol. The Labute approximate surface area is 177 Å². The zero-order chi connectivity index (χ0) is 21.7. The maximum Gasteiger partial charge on any atom is 0.247 e. The maximum atomic E-state index is 12.8. The molecule has 30 heavy (non-hydrogen) atoms. The number of rotatable bonds is 8. The Morgan fingerprint density at radius 3 is 2.37 bits per heavy atom. The van der Waals surface area contributed by atoms with Gasteiger partial charge >= 0.3 is 0 Å². The standard InChI is InChI=1S/C24H29N3O3/c1-3-15(2)23(27-22(29)13-6-16-4-11-19(28)12-5-16)24(30)26-18-9-7-17(8-10-18)20-14-21(20)25/h4-13,15,20-21,23,28H,3,14,25H2,1-2H3,(H,26,30)(H,27,29)/b13-6+/t15?,20?,21?,23-/m0/s1. The van der Waals surface area contributed by atoms with Gasteiger partial charge in [0.05, 0.1) is 0 Å². The van der Waals surface area contributed by atoms with Crippen LogP contribution in [0.4, 0.5) is 5.69 Å². The number of phenols is 1. The summed E-state index contributed by atoms with van der Waals surface area (Å²) in [4.78, 5) is 25.2. The molecule has 1 aliphatic carbocycles. The van der Waals surface area contributed by atoms with E-state index in [9.17, 15) is 14.7 Å². The van der Waals surface area contributed by atoms with E-state index in [1.807, 2.05) is 38.1 Å². The Morgan fingerprint density at radius 1 is 1.17 bits per heavy atom. The van der Waals surface area contributed by atoms with Crippen molar-refractivity contribution in [1.82, 2.24) is 5.32 Å². The number of nitrogens with two attached hydrogens (primary N) is 1. The van der Waals surface area contributed by atoms with E-state index in [0.717, 1.165) is 18.4 Å². The molecule has 0 heterocycles. The van der Waals surface area contributed by atoms with Gasteiger partial charge in [-0.3, -0.25) is 9.59 Å². The third kappa shape index (κ3) is 5.70. The van der Waals surface area contributed by atoms with E-state index in [1.54, 1.807) is 30.3 Å². The largest absolute Gasteiger partial charge is 0.508 e. The minimum Gasteiger partial charge on any atom is -0.508 e. The summed E-state index contributed by atoms with van der Waals surface area (Å²) in [5, 5.41) is 15.0. The van der Waals surface area contributed by atoms with Gasteiger partial charge in [-0.1, -0.05) is 44.5 Å². The van der Waals surface area contributed by atoms with Crippen molar-refractivity contribution in [1.29, 1.82) is 0 Å². The van der Waals surface area contributed by atoms with Crippen LogP contribution in [0.5, 0.6) is 5.75 Å². The molecule has 2 amide bonds. The molecule has 0 radical (unpaired) electrons. The topological polar surface area (TPSA) is 104 Å². The summed E-state index contributed by atoms with van der Waals surface area (Å²) in [6.45, 7) is 3.92. The lowest BCUT2D eigenvalue weighted by Gasteiger charge is -2.23. The van der Waals surface area contributed by atoms with Crippen LogP contribution in [0.25, 0.3) is 6.08 Å². The number of benzene rings is 2. The zero-order valence-electron chi connectivity index (χ0n) is 17.3. The maximum absolute atomic E-state index is 12.8. The van der Waals surface area contributed by atoms with Crippen LogP contribution in [0.3, 0.4) is 0 Å². The lowest BCUT2D eigenvalue weighted by molar-refractivity contribution is -0.125. The molecular weight excluding hydrogens is 378 g/mol. The summed E-state index contributed by atoms with van der Waals surface area (Å²) < 4.78 is 0. The smallest absolute Gasteiger partial charge is 0.247 e. The predicted octanol–water partition coefficient (Wildman–Crippen LogP) is 3.39. The molecule has 2 aromatic carbocycles. The fourth-order valence-corrected chi connectivity index (χ4v) is 3.29. The van der Waals surface area contributed by atoms with Crippen molar-refractivity contribution in [3.05, 3.63) is 65.7 Å². The van der Waals surface area contributed by atoms with Gasteiger partial charge < -0.3 is 21.5 Å². The van der Waals surface area contributed by atoms with Crippen LogP contribution in [-0.2, 0) is 9.59 Å². The molecule has 2 aromatic rings. The van der Waals surface area contributed by atoms with Crippen molar-refractivity contribution < 1.29 is 14.7 Å². The number of phenolic OH excluding ortho intramolecular Hbond substituents is 1. The molecule has 3 rings (SSSR count). The highest BCUT2D eigenvalue weighted by Gasteiger charge is 2.34. The molecule has 5 N–H and O–H groups in total. The van der Waals surface area contributed by atoms with Gasteiger partial charge in [0.1, 0.15) is 11.8 Å². The first-order valence-electron chi connectivity index (χ1n) is 10.3. The van der Waals surface area contributed by atoms with Crippen molar-refractivity contribution in [3.63, 3.8) is 0 Å². The fourth-order valence-electron chi connectivity index (χ4n) is 3.29. The van der Waals surface area contributed by atoms with Crippen LogP contribution in [0, 0.1) is 5.92 Å². The molecule has 0 bridgehead atoms. The van der Waals surface area contributed by atoms with E-state index in [4.69, 9.17) is 5.73 Å². The summed E-state index contributed by atoms with van der Waals surface area (Å²) in [5.41, 5.74) is 8.56. The molecule has 1 fully saturated rings. The molecule has 3 unspecified atom stereocenters. The number of aromatic hydroxyl groups is 1. The van der Waals surface area contributed by atoms with Crippen LogP contribution in [0.1, 0.15) is 43.7 Å². The number of anilines is 1. The van der Waals surface area contributed by atoms with Gasteiger partial charge in [-0.25, -0.2) is 0 Å². The molecule has 0 aromatic heterocycles. The van der Waals surface area contributed by atoms with Crippen molar-refractivity contribution in [2.75, 3.05) is 5.32 Å². The molecule has 1 saturated carbocycles. The average Bonchev–Trinajstić information content (AvgIpc) is 3.48. The highest BCUT2D eigenvalue weighted by atomic mass is 16.3. The van der Waals surface area contributed by atoms with Gasteiger partial charge in [-0.15, -0.1) is 0 Å². The summed E-state index contributed by atoms with van der Waals surface area (Å²) in [6, 6.07) is 13.8. The van der Waals surface area contributed by atoms with Gasteiger partial charge in [0.15, 0.2) is 0 Å². The summed E-state index contributed by atoms with van der Waals surface area (Å²) in [6.07, 6.45) is 4.79. The van der Waals surface area contributed by atoms with E-state index < -0.39 is 6.04 Å². The summed E-state index contributed by atoms with van der Waals surface area (Å²) in [5.74, 6) is -0.0339. The van der Waals surface area contributed by atoms with Crippen molar-refractivity contribution >= 4 is 23.6 Å². The Balaban J connectivity index is 1.61. The summed E-state index contributed by atoms with van der Waals surface area (Å²) >= 11 is 0. The zero-order valence-corrected chi connectivity index (χ0v) is 17.3. The fraction of sp³-hybridized carbons (Fsp3) is 0.333. The highest BCUT2D eigenvalue weighted by molar-refractivity contribution is 6.00. The lowest BCUT2D eigenvalue weighted by atomic mass is 9.98. The Bertz CT molecular complexity index is 906. The van der Waals surface area contributed by atoms with Gasteiger partial charge in [-0.05, 0) is 53.8 Å². The first-order valence-corrected chi connectivity index (χ1v) is 10.3. The number of carbonyl (C=O) groups excluding carboxylic acids is 2. The van der Waals surface area contributed by atoms with E-state index in [2.05, 4.69) is 10.6 Å². The number of carbonyl (C=O) groups is 2. The van der Waals surface area contributed by atoms with Crippen molar-refractivity contribution in [3.8, 4) is 5.75 Å². The monoisotopic (exact) mass is 407 g/mol. The minimum atomic E-state index is -0.650. The second-order valence-electron chi connectivity index (χ2n) is 7.91. The van der Waals surface area contributed by atoms with E-state index in [1.165, 1.54) is 11.6 Å². The van der Waals surface area contributed by atoms with Gasteiger partial charge in [0.2, 0.25) is 11.8 Å². The quantitative estimate of drug-likeness (QED) is 0.504. The number of amides is 2. The van der Waals surface area contributed by atoms with E-state index in [-0.39, 0.29) is 29.5 Å². The van der Waals surface area contributed by atoms with Crippen LogP contribution in [-0.4, -0.2) is 29.0 Å². The minimum absolute atomic E-state index is 0.0280. The van der Waals surface area contributed by atoms with E-state index in [0.29, 0.717) is 11.6 Å². The van der Waals surface area contributed by atoms with E-state index >= 15 is 0 Å². The van der Waals surface area contributed by atoms with Crippen LogP contribution < -0.4 is 16.4 Å². The molecule has 0 saturated heterocycles. The molecule has 6 heteroatoms. The van der Waals surface area contributed by atoms with Crippen LogP contribution in [0.2, 0.25) is 0 Å². The molecule has 158 valence electrons. The first kappa shape index (κ1) is 21.6. The number of nitrogens with one attached hydrogen (secondary N) is 2. The van der Waals surface area contributed by atoms with Gasteiger partial charge in [0, 0.05) is 23.7 Å². The normalized spacial score (nSPS) is 19.8. The summed E-state index contributed by atoms with van der Waals surface area (Å²) in [7, 11) is 0. The molecule has 0 spiro atoms. The van der Waals surface area contributed by atoms with Crippen molar-refractivity contribution in [2.24, 2.45) is 11.7 Å². The van der Waals surface area contributed by atoms with Crippen LogP contribution in [0.15, 0.2) is 54.6 Å². The third-order valence-electron chi connectivity index (χ3n) is 5.56. The predicted molar refractivity (Wildman–Crippen MR) is 119 cm³/mol. The second kappa shape index (κ2) is 9.59. The Kier molecular flexibility index (Phi) is 6.90. The number of hydrogen-bond donors (Lipinski definition) is 4. The number of hydrogen-bond acceptors (Lipinski definition) is 4. The first-order chi connectivity index (χ1) is 14.4. The SMILES string of the molecule is CCC(C)[C@H](NC(=O)/C=C/c1ccc(O)cc1)C(=O)Nc1ccc(C2CC2N)cc1. The molecule has 0 aliphatic heterocycles. The van der Waals surface area contributed by atoms with Gasteiger partial charge in [0.25, 0.3) is 0 Å². The Morgan fingerprint density at radius 2 is 1.80 bits per heavy atom. The van der Waals surface area contributed by atoms with Crippen molar-refractivity contribution in [2.45, 2.75) is 44.7 Å². The molecular formula is C24H29N3O3. The second-order valence-corrected chi connectivity index (χ2v) is 7.91. The lowest BCUT2D eigenvalue weighted by Crippen LogP contribution is -2.47. The third-order valence-corrected chi connectivity index (χ3v) is 5.56. The molecule has 1 aliphatic rings.